The summed E-state index contributed by atoms with van der Waals surface area (Å²) in [5, 5.41) is 0. The molecule has 2 saturated heterocycles. The Morgan fingerprint density at radius 3 is 1.88 bits per heavy atom. The monoisotopic (exact) mass is 502 g/mol. The molecule has 2 aliphatic heterocycles. The fraction of sp³-hybridized carbons (Fsp3) is 0.368. The number of aryl methyl sites for hydroxylation is 1. The molecule has 7 heteroatoms. The van der Waals surface area contributed by atoms with Crippen LogP contribution in [0.3, 0.4) is 0 Å². The summed E-state index contributed by atoms with van der Waals surface area (Å²) in [6.07, 6.45) is -0.475. The Morgan fingerprint density at radius 2 is 1.27 bits per heavy atom. The third-order valence-electron chi connectivity index (χ3n) is 4.20. The zero-order chi connectivity index (χ0) is 17.9. The predicted molar refractivity (Wildman–Crippen MR) is 111 cm³/mol. The molecule has 0 spiro atoms. The molecule has 4 rings (SSSR count). The topological polar surface area (TPSA) is 36.9 Å². The van der Waals surface area contributed by atoms with E-state index in [4.69, 9.17) is 18.9 Å². The summed E-state index contributed by atoms with van der Waals surface area (Å²) >= 11 is 2.33. The molecule has 0 aromatic heterocycles. The van der Waals surface area contributed by atoms with Crippen LogP contribution in [0.5, 0.6) is 0 Å². The molecule has 0 aliphatic carbocycles. The van der Waals surface area contributed by atoms with Crippen molar-refractivity contribution < 1.29 is 18.9 Å². The maximum absolute atomic E-state index is 5.66. The van der Waals surface area contributed by atoms with E-state index in [-0.39, 0.29) is 12.6 Å². The smallest absolute Gasteiger partial charge is 0.185 e. The molecule has 2 fully saturated rings. The van der Waals surface area contributed by atoms with Gasteiger partial charge in [-0.3, -0.25) is 0 Å². The molecule has 0 amide bonds. The molecule has 2 aromatic carbocycles. The molecule has 0 radical (unpaired) electrons. The van der Waals surface area contributed by atoms with Gasteiger partial charge in [-0.25, -0.2) is 0 Å². The summed E-state index contributed by atoms with van der Waals surface area (Å²) in [5.74, 6) is 0. The quantitative estimate of drug-likeness (QED) is 0.398. The van der Waals surface area contributed by atoms with Gasteiger partial charge in [-0.1, -0.05) is 27.7 Å². The molecule has 4 nitrogen and oxygen atoms in total. The minimum absolute atomic E-state index is 0.234. The van der Waals surface area contributed by atoms with E-state index < -0.39 is 0 Å². The lowest BCUT2D eigenvalue weighted by Gasteiger charge is -2.14. The van der Waals surface area contributed by atoms with E-state index >= 15 is 0 Å². The van der Waals surface area contributed by atoms with Gasteiger partial charge in [0.25, 0.3) is 0 Å². The van der Waals surface area contributed by atoms with Crippen molar-refractivity contribution in [2.24, 2.45) is 0 Å². The molecule has 0 unspecified atom stereocenters. The second kappa shape index (κ2) is 8.81. The summed E-state index contributed by atoms with van der Waals surface area (Å²) in [5.41, 5.74) is 3.41. The summed E-state index contributed by atoms with van der Waals surface area (Å²) in [7, 11) is 3.47. The SMILES string of the molecule is Cc1ccc(SSc2ccc(I)c(C3OCCO3)c2)cc1C1OCCO1. The van der Waals surface area contributed by atoms with Crippen molar-refractivity contribution in [1.82, 2.24) is 0 Å². The number of rotatable bonds is 5. The Balaban J connectivity index is 1.47. The molecule has 2 aromatic rings. The molecule has 2 heterocycles. The van der Waals surface area contributed by atoms with E-state index in [1.807, 2.05) is 0 Å². The molecular formula is C19H19IO4S2. The van der Waals surface area contributed by atoms with Gasteiger partial charge in [0.2, 0.25) is 0 Å². The van der Waals surface area contributed by atoms with Crippen molar-refractivity contribution >= 4 is 44.2 Å². The highest BCUT2D eigenvalue weighted by atomic mass is 127. The van der Waals surface area contributed by atoms with E-state index in [1.54, 1.807) is 21.6 Å². The zero-order valence-corrected chi connectivity index (χ0v) is 18.1. The first-order valence-corrected chi connectivity index (χ1v) is 11.6. The van der Waals surface area contributed by atoms with Crippen LogP contribution in [0.15, 0.2) is 46.2 Å². The Labute approximate surface area is 174 Å². The Kier molecular flexibility index (Phi) is 6.45. The fourth-order valence-electron chi connectivity index (χ4n) is 2.85. The molecule has 0 atom stereocenters. The Morgan fingerprint density at radius 1 is 0.769 bits per heavy atom. The summed E-state index contributed by atoms with van der Waals surface area (Å²) in [6, 6.07) is 12.8. The number of ether oxygens (including phenoxy) is 4. The van der Waals surface area contributed by atoms with E-state index in [9.17, 15) is 0 Å². The van der Waals surface area contributed by atoms with Crippen molar-refractivity contribution in [3.63, 3.8) is 0 Å². The Bertz CT molecular complexity index is 709. The molecule has 0 N–H and O–H groups in total. The van der Waals surface area contributed by atoms with Gasteiger partial charge in [0, 0.05) is 24.5 Å². The van der Waals surface area contributed by atoms with Crippen LogP contribution in [0.2, 0.25) is 0 Å². The summed E-state index contributed by atoms with van der Waals surface area (Å²) < 4.78 is 23.8. The number of benzene rings is 2. The third kappa shape index (κ3) is 4.40. The summed E-state index contributed by atoms with van der Waals surface area (Å²) in [6.45, 7) is 4.73. The predicted octanol–water partition coefficient (Wildman–Crippen LogP) is 5.49. The molecule has 138 valence electrons. The van der Waals surface area contributed by atoms with Crippen molar-refractivity contribution in [2.75, 3.05) is 26.4 Å². The highest BCUT2D eigenvalue weighted by Gasteiger charge is 2.22. The first-order chi connectivity index (χ1) is 12.7. The third-order valence-corrected chi connectivity index (χ3v) is 7.57. The van der Waals surface area contributed by atoms with Crippen LogP contribution in [-0.4, -0.2) is 26.4 Å². The van der Waals surface area contributed by atoms with Crippen molar-refractivity contribution in [3.8, 4) is 0 Å². The van der Waals surface area contributed by atoms with E-state index in [2.05, 4.69) is 65.9 Å². The van der Waals surface area contributed by atoms with Gasteiger partial charge in [-0.15, -0.1) is 0 Å². The van der Waals surface area contributed by atoms with Gasteiger partial charge in [-0.05, 0) is 65.4 Å². The first-order valence-electron chi connectivity index (χ1n) is 8.41. The highest BCUT2D eigenvalue weighted by molar-refractivity contribution is 14.1. The van der Waals surface area contributed by atoms with Crippen LogP contribution in [0.4, 0.5) is 0 Å². The van der Waals surface area contributed by atoms with Gasteiger partial charge in [0.1, 0.15) is 0 Å². The highest BCUT2D eigenvalue weighted by Crippen LogP contribution is 2.41. The van der Waals surface area contributed by atoms with Gasteiger partial charge < -0.3 is 18.9 Å². The minimum Gasteiger partial charge on any atom is -0.346 e. The van der Waals surface area contributed by atoms with Gasteiger partial charge in [-0.2, -0.15) is 0 Å². The van der Waals surface area contributed by atoms with Crippen LogP contribution >= 0.6 is 44.2 Å². The molecule has 2 aliphatic rings. The van der Waals surface area contributed by atoms with E-state index in [1.165, 1.54) is 15.4 Å². The first kappa shape index (κ1) is 19.0. The summed E-state index contributed by atoms with van der Waals surface area (Å²) in [4.78, 5) is 2.36. The van der Waals surface area contributed by atoms with Crippen molar-refractivity contribution in [1.29, 1.82) is 0 Å². The average Bonchev–Trinajstić information content (AvgIpc) is 3.36. The maximum atomic E-state index is 5.66. The van der Waals surface area contributed by atoms with Crippen molar-refractivity contribution in [2.45, 2.75) is 29.3 Å². The van der Waals surface area contributed by atoms with Crippen LogP contribution in [0, 0.1) is 10.5 Å². The van der Waals surface area contributed by atoms with Crippen LogP contribution in [0.25, 0.3) is 0 Å². The maximum Gasteiger partial charge on any atom is 0.185 e. The van der Waals surface area contributed by atoms with Crippen LogP contribution in [-0.2, 0) is 18.9 Å². The lowest BCUT2D eigenvalue weighted by Crippen LogP contribution is -2.01. The molecule has 26 heavy (non-hydrogen) atoms. The van der Waals surface area contributed by atoms with E-state index in [0.717, 1.165) is 14.7 Å². The molecule has 0 saturated carbocycles. The number of halogens is 1. The second-order valence-electron chi connectivity index (χ2n) is 6.02. The normalized spacial score (nSPS) is 18.7. The van der Waals surface area contributed by atoms with Crippen LogP contribution < -0.4 is 0 Å². The standard InChI is InChI=1S/C19H19IO4S2/c1-12-2-3-13(10-15(12)18-21-6-7-22-18)25-26-14-4-5-17(20)16(11-14)19-23-8-9-24-19/h2-5,10-11,18-19H,6-9H2,1H3. The zero-order valence-electron chi connectivity index (χ0n) is 14.3. The fourth-order valence-corrected chi connectivity index (χ4v) is 5.43. The average molecular weight is 502 g/mol. The van der Waals surface area contributed by atoms with Gasteiger partial charge in [0.05, 0.1) is 26.4 Å². The molecular weight excluding hydrogens is 483 g/mol. The minimum atomic E-state index is -0.241. The lowest BCUT2D eigenvalue weighted by atomic mass is 10.1. The number of hydrogen-bond acceptors (Lipinski definition) is 6. The number of hydrogen-bond donors (Lipinski definition) is 0. The Hall–Kier alpha value is -0.290. The second-order valence-corrected chi connectivity index (χ2v) is 9.45. The van der Waals surface area contributed by atoms with Gasteiger partial charge in [0.15, 0.2) is 12.6 Å². The largest absolute Gasteiger partial charge is 0.346 e. The van der Waals surface area contributed by atoms with Crippen LogP contribution in [0.1, 0.15) is 29.3 Å². The molecule has 0 bridgehead atoms. The van der Waals surface area contributed by atoms with Gasteiger partial charge >= 0.3 is 0 Å². The van der Waals surface area contributed by atoms with Crippen molar-refractivity contribution in [3.05, 3.63) is 56.7 Å². The lowest BCUT2D eigenvalue weighted by molar-refractivity contribution is -0.0449. The van der Waals surface area contributed by atoms with E-state index in [0.29, 0.717) is 26.4 Å².